The van der Waals surface area contributed by atoms with Crippen LogP contribution in [0.2, 0.25) is 5.02 Å². The van der Waals surface area contributed by atoms with Crippen molar-refractivity contribution in [2.75, 3.05) is 11.9 Å². The third-order valence-corrected chi connectivity index (χ3v) is 2.98. The number of nitrogens with two attached hydrogens (primary N) is 1. The van der Waals surface area contributed by atoms with Crippen LogP contribution in [-0.4, -0.2) is 12.5 Å². The fourth-order valence-corrected chi connectivity index (χ4v) is 1.81. The second-order valence-corrected chi connectivity index (χ2v) is 4.71. The SMILES string of the molecule is Cc1ccc(NC(=O)C(C)CCCN)c(Cl)c1. The third-order valence-electron chi connectivity index (χ3n) is 2.67. The number of nitrogens with one attached hydrogen (secondary N) is 1. The fourth-order valence-electron chi connectivity index (χ4n) is 1.53. The van der Waals surface area contributed by atoms with Crippen molar-refractivity contribution >= 4 is 23.2 Å². The zero-order valence-corrected chi connectivity index (χ0v) is 11.1. The summed E-state index contributed by atoms with van der Waals surface area (Å²) in [5.74, 6) is -0.0554. The summed E-state index contributed by atoms with van der Waals surface area (Å²) in [4.78, 5) is 11.8. The molecular formula is C13H19ClN2O. The molecule has 0 bridgehead atoms. The summed E-state index contributed by atoms with van der Waals surface area (Å²) in [6.45, 7) is 4.47. The molecule has 1 rings (SSSR count). The van der Waals surface area contributed by atoms with Gasteiger partial charge in [-0.2, -0.15) is 0 Å². The maximum Gasteiger partial charge on any atom is 0.227 e. The van der Waals surface area contributed by atoms with Crippen LogP contribution >= 0.6 is 11.6 Å². The summed E-state index contributed by atoms with van der Waals surface area (Å²) in [6.07, 6.45) is 1.65. The van der Waals surface area contributed by atoms with E-state index in [9.17, 15) is 4.79 Å². The molecule has 0 aliphatic heterocycles. The Hall–Kier alpha value is -1.06. The molecule has 1 aromatic rings. The van der Waals surface area contributed by atoms with E-state index in [-0.39, 0.29) is 11.8 Å². The molecule has 1 atom stereocenters. The van der Waals surface area contributed by atoms with Gasteiger partial charge in [0.05, 0.1) is 10.7 Å². The van der Waals surface area contributed by atoms with Gasteiger partial charge in [0.1, 0.15) is 0 Å². The van der Waals surface area contributed by atoms with E-state index in [2.05, 4.69) is 5.32 Å². The van der Waals surface area contributed by atoms with Crippen LogP contribution in [0.1, 0.15) is 25.3 Å². The van der Waals surface area contributed by atoms with Crippen molar-refractivity contribution in [1.29, 1.82) is 0 Å². The van der Waals surface area contributed by atoms with Crippen molar-refractivity contribution in [2.24, 2.45) is 11.7 Å². The monoisotopic (exact) mass is 254 g/mol. The highest BCUT2D eigenvalue weighted by molar-refractivity contribution is 6.33. The Morgan fingerprint density at radius 3 is 2.82 bits per heavy atom. The van der Waals surface area contributed by atoms with E-state index in [0.717, 1.165) is 18.4 Å². The number of aryl methyl sites for hydroxylation is 1. The standard InChI is InChI=1S/C13H19ClN2O/c1-9-5-6-12(11(14)8-9)16-13(17)10(2)4-3-7-15/h5-6,8,10H,3-4,7,15H2,1-2H3,(H,16,17). The highest BCUT2D eigenvalue weighted by atomic mass is 35.5. The van der Waals surface area contributed by atoms with Crippen molar-refractivity contribution < 1.29 is 4.79 Å². The number of halogens is 1. The van der Waals surface area contributed by atoms with Crippen molar-refractivity contribution in [3.8, 4) is 0 Å². The molecule has 17 heavy (non-hydrogen) atoms. The maximum absolute atomic E-state index is 11.8. The Morgan fingerprint density at radius 1 is 1.53 bits per heavy atom. The largest absolute Gasteiger partial charge is 0.330 e. The third kappa shape index (κ3) is 4.36. The second-order valence-electron chi connectivity index (χ2n) is 4.30. The summed E-state index contributed by atoms with van der Waals surface area (Å²) in [7, 11) is 0. The summed E-state index contributed by atoms with van der Waals surface area (Å²) >= 11 is 6.05. The molecule has 3 N–H and O–H groups in total. The van der Waals surface area contributed by atoms with Crippen molar-refractivity contribution in [2.45, 2.75) is 26.7 Å². The van der Waals surface area contributed by atoms with E-state index in [1.165, 1.54) is 0 Å². The Balaban J connectivity index is 2.61. The summed E-state index contributed by atoms with van der Waals surface area (Å²) in [6, 6.07) is 5.58. The van der Waals surface area contributed by atoms with E-state index in [4.69, 9.17) is 17.3 Å². The minimum absolute atomic E-state index is 0.01000. The maximum atomic E-state index is 11.8. The number of carbonyl (C=O) groups excluding carboxylic acids is 1. The predicted octanol–water partition coefficient (Wildman–Crippen LogP) is 2.96. The lowest BCUT2D eigenvalue weighted by molar-refractivity contribution is -0.119. The van der Waals surface area contributed by atoms with Gasteiger partial charge < -0.3 is 11.1 Å². The van der Waals surface area contributed by atoms with Crippen molar-refractivity contribution in [3.63, 3.8) is 0 Å². The molecule has 0 aliphatic rings. The van der Waals surface area contributed by atoms with Crippen LogP contribution in [-0.2, 0) is 4.79 Å². The van der Waals surface area contributed by atoms with Gasteiger partial charge in [0.15, 0.2) is 0 Å². The predicted molar refractivity (Wildman–Crippen MR) is 72.3 cm³/mol. The molecule has 0 aromatic heterocycles. The zero-order chi connectivity index (χ0) is 12.8. The van der Waals surface area contributed by atoms with Crippen molar-refractivity contribution in [3.05, 3.63) is 28.8 Å². The number of hydrogen-bond donors (Lipinski definition) is 2. The molecular weight excluding hydrogens is 236 g/mol. The highest BCUT2D eigenvalue weighted by Crippen LogP contribution is 2.23. The molecule has 1 aromatic carbocycles. The number of carbonyl (C=O) groups is 1. The topological polar surface area (TPSA) is 55.1 Å². The first-order chi connectivity index (χ1) is 8.04. The lowest BCUT2D eigenvalue weighted by Crippen LogP contribution is -2.21. The van der Waals surface area contributed by atoms with Gasteiger partial charge in [-0.15, -0.1) is 0 Å². The smallest absolute Gasteiger partial charge is 0.227 e. The molecule has 0 fully saturated rings. The molecule has 3 nitrogen and oxygen atoms in total. The molecule has 1 unspecified atom stereocenters. The number of hydrogen-bond acceptors (Lipinski definition) is 2. The van der Waals surface area contributed by atoms with Gasteiger partial charge in [-0.1, -0.05) is 24.6 Å². The van der Waals surface area contributed by atoms with E-state index < -0.39 is 0 Å². The summed E-state index contributed by atoms with van der Waals surface area (Å²) in [5, 5.41) is 3.41. The Bertz CT molecular complexity index is 393. The molecule has 0 heterocycles. The quantitative estimate of drug-likeness (QED) is 0.849. The van der Waals surface area contributed by atoms with E-state index in [1.54, 1.807) is 0 Å². The minimum atomic E-state index is -0.0454. The summed E-state index contributed by atoms with van der Waals surface area (Å²) < 4.78 is 0. The van der Waals surface area contributed by atoms with Crippen LogP contribution in [0.25, 0.3) is 0 Å². The molecule has 0 spiro atoms. The number of benzene rings is 1. The average Bonchev–Trinajstić information content (AvgIpc) is 2.29. The van der Waals surface area contributed by atoms with Gasteiger partial charge in [0, 0.05) is 5.92 Å². The second kappa shape index (κ2) is 6.62. The molecule has 0 radical (unpaired) electrons. The first-order valence-electron chi connectivity index (χ1n) is 5.81. The van der Waals surface area contributed by atoms with Gasteiger partial charge in [-0.25, -0.2) is 0 Å². The minimum Gasteiger partial charge on any atom is -0.330 e. The zero-order valence-electron chi connectivity index (χ0n) is 10.3. The molecule has 0 saturated carbocycles. The van der Waals surface area contributed by atoms with Crippen LogP contribution in [0.3, 0.4) is 0 Å². The highest BCUT2D eigenvalue weighted by Gasteiger charge is 2.13. The summed E-state index contributed by atoms with van der Waals surface area (Å²) in [5.41, 5.74) is 7.16. The van der Waals surface area contributed by atoms with E-state index >= 15 is 0 Å². The van der Waals surface area contributed by atoms with Crippen LogP contribution in [0, 0.1) is 12.8 Å². The van der Waals surface area contributed by atoms with Gasteiger partial charge in [-0.3, -0.25) is 4.79 Å². The fraction of sp³-hybridized carbons (Fsp3) is 0.462. The van der Waals surface area contributed by atoms with Gasteiger partial charge in [-0.05, 0) is 44.0 Å². The lowest BCUT2D eigenvalue weighted by atomic mass is 10.0. The Labute approximate surface area is 107 Å². The molecule has 94 valence electrons. The number of anilines is 1. The van der Waals surface area contributed by atoms with Crippen LogP contribution in [0.15, 0.2) is 18.2 Å². The van der Waals surface area contributed by atoms with Gasteiger partial charge in [0.2, 0.25) is 5.91 Å². The van der Waals surface area contributed by atoms with Crippen LogP contribution in [0.4, 0.5) is 5.69 Å². The van der Waals surface area contributed by atoms with Gasteiger partial charge in [0.25, 0.3) is 0 Å². The lowest BCUT2D eigenvalue weighted by Gasteiger charge is -2.12. The Morgan fingerprint density at radius 2 is 2.24 bits per heavy atom. The molecule has 0 aliphatic carbocycles. The van der Waals surface area contributed by atoms with Crippen LogP contribution < -0.4 is 11.1 Å². The Kier molecular flexibility index (Phi) is 5.45. The molecule has 4 heteroatoms. The molecule has 0 saturated heterocycles. The first-order valence-corrected chi connectivity index (χ1v) is 6.19. The normalized spacial score (nSPS) is 12.2. The van der Waals surface area contributed by atoms with E-state index in [0.29, 0.717) is 17.3 Å². The number of amides is 1. The van der Waals surface area contributed by atoms with E-state index in [1.807, 2.05) is 32.0 Å². The number of rotatable bonds is 5. The average molecular weight is 255 g/mol. The first kappa shape index (κ1) is 14.0. The molecule has 1 amide bonds. The van der Waals surface area contributed by atoms with Gasteiger partial charge >= 0.3 is 0 Å². The van der Waals surface area contributed by atoms with Crippen LogP contribution in [0.5, 0.6) is 0 Å². The van der Waals surface area contributed by atoms with Crippen molar-refractivity contribution in [1.82, 2.24) is 0 Å².